The molecule has 1 N–H and O–H groups in total. The SMILES string of the molecule is Cc1ccc(-c2cnc(CCC(=O)N3CCC(C(=O)Nc4nc(C)cs4)CC3)o2)cc1. The molecule has 31 heavy (non-hydrogen) atoms. The van der Waals surface area contributed by atoms with E-state index in [0.717, 1.165) is 11.3 Å². The number of aryl methyl sites for hydroxylation is 3. The summed E-state index contributed by atoms with van der Waals surface area (Å²) in [6, 6.07) is 8.06. The number of carbonyl (C=O) groups is 2. The van der Waals surface area contributed by atoms with Gasteiger partial charge in [-0.1, -0.05) is 29.8 Å². The molecule has 3 heterocycles. The molecule has 1 fully saturated rings. The van der Waals surface area contributed by atoms with Crippen LogP contribution in [0.4, 0.5) is 5.13 Å². The van der Waals surface area contributed by atoms with E-state index in [4.69, 9.17) is 4.42 Å². The predicted molar refractivity (Wildman–Crippen MR) is 120 cm³/mol. The van der Waals surface area contributed by atoms with Gasteiger partial charge < -0.3 is 14.6 Å². The van der Waals surface area contributed by atoms with Gasteiger partial charge in [0.1, 0.15) is 0 Å². The van der Waals surface area contributed by atoms with Crippen LogP contribution in [0.1, 0.15) is 36.4 Å². The van der Waals surface area contributed by atoms with Crippen molar-refractivity contribution in [1.82, 2.24) is 14.9 Å². The Balaban J connectivity index is 1.23. The van der Waals surface area contributed by atoms with E-state index in [-0.39, 0.29) is 17.7 Å². The van der Waals surface area contributed by atoms with Crippen LogP contribution in [0, 0.1) is 19.8 Å². The first-order valence-corrected chi connectivity index (χ1v) is 11.4. The average molecular weight is 439 g/mol. The third-order valence-electron chi connectivity index (χ3n) is 5.51. The van der Waals surface area contributed by atoms with Gasteiger partial charge in [0, 0.05) is 42.8 Å². The van der Waals surface area contributed by atoms with Crippen LogP contribution >= 0.6 is 11.3 Å². The number of oxazole rings is 1. The molecule has 0 aliphatic carbocycles. The number of rotatable bonds is 6. The Hall–Kier alpha value is -3.00. The number of anilines is 1. The zero-order chi connectivity index (χ0) is 21.8. The van der Waals surface area contributed by atoms with Crippen LogP contribution in [-0.4, -0.2) is 39.8 Å². The Kier molecular flexibility index (Phi) is 6.46. The molecule has 2 amide bonds. The highest BCUT2D eigenvalue weighted by atomic mass is 32.1. The summed E-state index contributed by atoms with van der Waals surface area (Å²) in [6.07, 6.45) is 3.85. The molecule has 0 saturated carbocycles. The second kappa shape index (κ2) is 9.43. The van der Waals surface area contributed by atoms with Crippen LogP contribution in [0.25, 0.3) is 11.3 Å². The number of aromatic nitrogens is 2. The molecular weight excluding hydrogens is 412 g/mol. The highest BCUT2D eigenvalue weighted by molar-refractivity contribution is 7.13. The van der Waals surface area contributed by atoms with Crippen LogP contribution in [0.3, 0.4) is 0 Å². The van der Waals surface area contributed by atoms with Crippen LogP contribution in [0.5, 0.6) is 0 Å². The molecule has 0 atom stereocenters. The zero-order valence-electron chi connectivity index (χ0n) is 17.8. The lowest BCUT2D eigenvalue weighted by molar-refractivity contribution is -0.134. The third kappa shape index (κ3) is 5.38. The summed E-state index contributed by atoms with van der Waals surface area (Å²) in [7, 11) is 0. The van der Waals surface area contributed by atoms with Crippen molar-refractivity contribution in [2.75, 3.05) is 18.4 Å². The normalized spacial score (nSPS) is 14.6. The molecule has 2 aromatic heterocycles. The van der Waals surface area contributed by atoms with Crippen molar-refractivity contribution in [3.63, 3.8) is 0 Å². The maximum Gasteiger partial charge on any atom is 0.229 e. The number of hydrogen-bond acceptors (Lipinski definition) is 6. The van der Waals surface area contributed by atoms with E-state index in [1.54, 1.807) is 6.20 Å². The van der Waals surface area contributed by atoms with Crippen LogP contribution in [0.2, 0.25) is 0 Å². The predicted octanol–water partition coefficient (Wildman–Crippen LogP) is 4.22. The van der Waals surface area contributed by atoms with Gasteiger partial charge in [0.25, 0.3) is 0 Å². The summed E-state index contributed by atoms with van der Waals surface area (Å²) in [4.78, 5) is 35.5. The highest BCUT2D eigenvalue weighted by Crippen LogP contribution is 2.23. The topological polar surface area (TPSA) is 88.3 Å². The quantitative estimate of drug-likeness (QED) is 0.622. The molecule has 1 aliphatic rings. The van der Waals surface area contributed by atoms with E-state index in [1.807, 2.05) is 48.4 Å². The Morgan fingerprint density at radius 1 is 1.19 bits per heavy atom. The number of nitrogens with one attached hydrogen (secondary N) is 1. The number of thiazole rings is 1. The molecule has 0 bridgehead atoms. The number of hydrogen-bond donors (Lipinski definition) is 1. The van der Waals surface area contributed by atoms with Crippen molar-refractivity contribution in [1.29, 1.82) is 0 Å². The maximum atomic E-state index is 12.6. The average Bonchev–Trinajstić information content (AvgIpc) is 3.41. The number of amides is 2. The van der Waals surface area contributed by atoms with Gasteiger partial charge in [0.15, 0.2) is 16.8 Å². The molecule has 0 radical (unpaired) electrons. The van der Waals surface area contributed by atoms with Crippen molar-refractivity contribution in [2.24, 2.45) is 5.92 Å². The van der Waals surface area contributed by atoms with Gasteiger partial charge in [-0.05, 0) is 26.7 Å². The molecule has 1 saturated heterocycles. The van der Waals surface area contributed by atoms with Crippen molar-refractivity contribution in [3.05, 3.63) is 53.0 Å². The standard InChI is InChI=1S/C23H26N4O3S/c1-15-3-5-17(6-4-15)19-13-24-20(30-19)7-8-21(28)27-11-9-18(10-12-27)22(29)26-23-25-16(2)14-31-23/h3-6,13-14,18H,7-12H2,1-2H3,(H,25,26,29). The third-order valence-corrected chi connectivity index (χ3v) is 6.39. The Bertz CT molecular complexity index is 1050. The number of nitrogens with zero attached hydrogens (tertiary/aromatic N) is 3. The molecule has 7 nitrogen and oxygen atoms in total. The van der Waals surface area contributed by atoms with E-state index in [0.29, 0.717) is 55.6 Å². The minimum Gasteiger partial charge on any atom is -0.441 e. The summed E-state index contributed by atoms with van der Waals surface area (Å²) in [5.41, 5.74) is 3.07. The van der Waals surface area contributed by atoms with Crippen molar-refractivity contribution >= 4 is 28.3 Å². The summed E-state index contributed by atoms with van der Waals surface area (Å²) in [6.45, 7) is 5.12. The summed E-state index contributed by atoms with van der Waals surface area (Å²) in [5, 5.41) is 5.43. The number of likely N-dealkylation sites (tertiary alicyclic amines) is 1. The first-order chi connectivity index (χ1) is 15.0. The molecule has 3 aromatic rings. The Morgan fingerprint density at radius 3 is 2.61 bits per heavy atom. The summed E-state index contributed by atoms with van der Waals surface area (Å²) >= 11 is 1.43. The fraction of sp³-hybridized carbons (Fsp3) is 0.391. The van der Waals surface area contributed by atoms with Crippen molar-refractivity contribution in [2.45, 2.75) is 39.5 Å². The number of piperidine rings is 1. The Morgan fingerprint density at radius 2 is 1.94 bits per heavy atom. The molecule has 1 aliphatic heterocycles. The first kappa shape index (κ1) is 21.2. The number of benzene rings is 1. The van der Waals surface area contributed by atoms with Crippen molar-refractivity contribution < 1.29 is 14.0 Å². The smallest absolute Gasteiger partial charge is 0.229 e. The van der Waals surface area contributed by atoms with Gasteiger partial charge in [-0.2, -0.15) is 0 Å². The minimum atomic E-state index is -0.0861. The first-order valence-electron chi connectivity index (χ1n) is 10.5. The number of carbonyl (C=O) groups excluding carboxylic acids is 2. The van der Waals surface area contributed by atoms with Gasteiger partial charge in [0.05, 0.1) is 11.9 Å². The summed E-state index contributed by atoms with van der Waals surface area (Å²) < 4.78 is 5.81. The summed E-state index contributed by atoms with van der Waals surface area (Å²) in [5.74, 6) is 1.26. The molecule has 4 rings (SSSR count). The van der Waals surface area contributed by atoms with Gasteiger partial charge in [-0.25, -0.2) is 9.97 Å². The monoisotopic (exact) mass is 438 g/mol. The second-order valence-corrected chi connectivity index (χ2v) is 8.78. The largest absolute Gasteiger partial charge is 0.441 e. The highest BCUT2D eigenvalue weighted by Gasteiger charge is 2.27. The lowest BCUT2D eigenvalue weighted by atomic mass is 9.95. The van der Waals surface area contributed by atoms with Crippen molar-refractivity contribution in [3.8, 4) is 11.3 Å². The fourth-order valence-corrected chi connectivity index (χ4v) is 4.35. The maximum absolute atomic E-state index is 12.6. The van der Waals surface area contributed by atoms with E-state index in [2.05, 4.69) is 15.3 Å². The molecule has 0 spiro atoms. The second-order valence-electron chi connectivity index (χ2n) is 7.92. The van der Waals surface area contributed by atoms with Gasteiger partial charge in [-0.15, -0.1) is 11.3 Å². The molecule has 8 heteroatoms. The van der Waals surface area contributed by atoms with E-state index >= 15 is 0 Å². The van der Waals surface area contributed by atoms with E-state index in [9.17, 15) is 9.59 Å². The van der Waals surface area contributed by atoms with Gasteiger partial charge in [-0.3, -0.25) is 9.59 Å². The molecule has 1 aromatic carbocycles. The van der Waals surface area contributed by atoms with Gasteiger partial charge >= 0.3 is 0 Å². The lowest BCUT2D eigenvalue weighted by Crippen LogP contribution is -2.41. The van der Waals surface area contributed by atoms with E-state index in [1.165, 1.54) is 16.9 Å². The van der Waals surface area contributed by atoms with Crippen LogP contribution < -0.4 is 5.32 Å². The minimum absolute atomic E-state index is 0.00938. The Labute approximate surface area is 185 Å². The zero-order valence-corrected chi connectivity index (χ0v) is 18.6. The molecular formula is C23H26N4O3S. The van der Waals surface area contributed by atoms with Crippen LogP contribution in [-0.2, 0) is 16.0 Å². The lowest BCUT2D eigenvalue weighted by Gasteiger charge is -2.31. The van der Waals surface area contributed by atoms with Crippen LogP contribution in [0.15, 0.2) is 40.3 Å². The van der Waals surface area contributed by atoms with Gasteiger partial charge in [0.2, 0.25) is 11.8 Å². The molecule has 0 unspecified atom stereocenters. The molecule has 162 valence electrons. The fourth-order valence-electron chi connectivity index (χ4n) is 3.66. The van der Waals surface area contributed by atoms with E-state index < -0.39 is 0 Å².